The molecule has 0 amide bonds. The van der Waals surface area contributed by atoms with E-state index >= 15 is 0 Å². The van der Waals surface area contributed by atoms with Crippen molar-refractivity contribution in [3.05, 3.63) is 40.2 Å². The van der Waals surface area contributed by atoms with Crippen molar-refractivity contribution in [3.63, 3.8) is 0 Å². The van der Waals surface area contributed by atoms with Gasteiger partial charge in [0.05, 0.1) is 17.9 Å². The first-order chi connectivity index (χ1) is 8.22. The van der Waals surface area contributed by atoms with Crippen molar-refractivity contribution in [2.75, 3.05) is 6.61 Å². The van der Waals surface area contributed by atoms with Gasteiger partial charge in [-0.1, -0.05) is 23.7 Å². The standard InChI is InChI=1S/C12H10ClNO2S/c1-2-16-12(15)10-7-17-14-11(10)8-3-5-9(13)6-4-8/h3-7H,2H2,1H3. The summed E-state index contributed by atoms with van der Waals surface area (Å²) in [5.41, 5.74) is 2.00. The van der Waals surface area contributed by atoms with E-state index in [1.54, 1.807) is 24.4 Å². The number of hydrogen-bond acceptors (Lipinski definition) is 4. The maximum Gasteiger partial charge on any atom is 0.341 e. The molecule has 0 bridgehead atoms. The zero-order chi connectivity index (χ0) is 12.3. The molecule has 2 aromatic rings. The monoisotopic (exact) mass is 267 g/mol. The van der Waals surface area contributed by atoms with Gasteiger partial charge in [-0.25, -0.2) is 4.79 Å². The summed E-state index contributed by atoms with van der Waals surface area (Å²) in [6, 6.07) is 7.20. The molecular weight excluding hydrogens is 258 g/mol. The van der Waals surface area contributed by atoms with Crippen molar-refractivity contribution in [2.45, 2.75) is 6.92 Å². The smallest absolute Gasteiger partial charge is 0.341 e. The number of carbonyl (C=O) groups is 1. The molecule has 0 saturated carbocycles. The first kappa shape index (κ1) is 12.1. The summed E-state index contributed by atoms with van der Waals surface area (Å²) in [6.45, 7) is 2.13. The van der Waals surface area contributed by atoms with Crippen LogP contribution >= 0.6 is 23.1 Å². The van der Waals surface area contributed by atoms with Crippen molar-refractivity contribution in [2.24, 2.45) is 0 Å². The Balaban J connectivity index is 2.36. The third-order valence-corrected chi connectivity index (χ3v) is 3.06. The highest BCUT2D eigenvalue weighted by Crippen LogP contribution is 2.25. The normalized spacial score (nSPS) is 10.2. The van der Waals surface area contributed by atoms with Crippen LogP contribution in [0.3, 0.4) is 0 Å². The van der Waals surface area contributed by atoms with E-state index in [9.17, 15) is 4.79 Å². The van der Waals surface area contributed by atoms with Gasteiger partial charge in [-0.15, -0.1) is 0 Å². The third kappa shape index (κ3) is 2.65. The second-order valence-corrected chi connectivity index (χ2v) is 4.37. The number of benzene rings is 1. The van der Waals surface area contributed by atoms with Gasteiger partial charge in [0, 0.05) is 16.0 Å². The Morgan fingerprint density at radius 3 is 2.76 bits per heavy atom. The molecule has 0 saturated heterocycles. The van der Waals surface area contributed by atoms with Gasteiger partial charge in [0.25, 0.3) is 0 Å². The minimum absolute atomic E-state index is 0.341. The van der Waals surface area contributed by atoms with E-state index in [-0.39, 0.29) is 5.97 Å². The van der Waals surface area contributed by atoms with E-state index < -0.39 is 0 Å². The van der Waals surface area contributed by atoms with Crippen LogP contribution in [-0.2, 0) is 4.74 Å². The Bertz CT molecular complexity index is 522. The maximum atomic E-state index is 11.7. The molecule has 1 aromatic heterocycles. The number of halogens is 1. The average molecular weight is 268 g/mol. The van der Waals surface area contributed by atoms with Gasteiger partial charge < -0.3 is 4.74 Å². The Labute approximate surface area is 108 Å². The van der Waals surface area contributed by atoms with Crippen molar-refractivity contribution in [1.82, 2.24) is 4.37 Å². The minimum atomic E-state index is -0.341. The Hall–Kier alpha value is -1.39. The highest BCUT2D eigenvalue weighted by molar-refractivity contribution is 7.04. The predicted molar refractivity (Wildman–Crippen MR) is 68.5 cm³/mol. The summed E-state index contributed by atoms with van der Waals surface area (Å²) in [4.78, 5) is 11.7. The molecule has 0 radical (unpaired) electrons. The molecular formula is C12H10ClNO2S. The molecule has 0 spiro atoms. The number of ether oxygens (including phenoxy) is 1. The first-order valence-corrected chi connectivity index (χ1v) is 6.31. The van der Waals surface area contributed by atoms with Crippen LogP contribution in [0.2, 0.25) is 5.02 Å². The first-order valence-electron chi connectivity index (χ1n) is 5.09. The number of nitrogens with zero attached hydrogens (tertiary/aromatic N) is 1. The van der Waals surface area contributed by atoms with Crippen LogP contribution in [-0.4, -0.2) is 16.9 Å². The van der Waals surface area contributed by atoms with Gasteiger partial charge in [0.15, 0.2) is 0 Å². The van der Waals surface area contributed by atoms with Gasteiger partial charge in [0.2, 0.25) is 0 Å². The van der Waals surface area contributed by atoms with Crippen LogP contribution in [0.4, 0.5) is 0 Å². The van der Waals surface area contributed by atoms with Crippen LogP contribution in [0, 0.1) is 0 Å². The Morgan fingerprint density at radius 1 is 1.41 bits per heavy atom. The van der Waals surface area contributed by atoms with Crippen molar-refractivity contribution in [3.8, 4) is 11.3 Å². The molecule has 5 heteroatoms. The van der Waals surface area contributed by atoms with Gasteiger partial charge in [-0.3, -0.25) is 0 Å². The molecule has 0 aliphatic rings. The zero-order valence-electron chi connectivity index (χ0n) is 9.14. The second-order valence-electron chi connectivity index (χ2n) is 3.30. The number of esters is 1. The maximum absolute atomic E-state index is 11.7. The van der Waals surface area contributed by atoms with Crippen LogP contribution in [0.15, 0.2) is 29.6 Å². The molecule has 1 aromatic carbocycles. The van der Waals surface area contributed by atoms with E-state index in [0.29, 0.717) is 22.9 Å². The molecule has 0 N–H and O–H groups in total. The van der Waals surface area contributed by atoms with Crippen LogP contribution in [0.1, 0.15) is 17.3 Å². The Kier molecular flexibility index (Phi) is 3.76. The van der Waals surface area contributed by atoms with Crippen LogP contribution < -0.4 is 0 Å². The number of carbonyl (C=O) groups excluding carboxylic acids is 1. The number of rotatable bonds is 3. The summed E-state index contributed by atoms with van der Waals surface area (Å²) in [5, 5.41) is 2.35. The van der Waals surface area contributed by atoms with E-state index in [4.69, 9.17) is 16.3 Å². The van der Waals surface area contributed by atoms with E-state index in [1.807, 2.05) is 12.1 Å². The molecule has 0 aliphatic heterocycles. The molecule has 0 aliphatic carbocycles. The van der Waals surface area contributed by atoms with Crippen molar-refractivity contribution < 1.29 is 9.53 Å². The minimum Gasteiger partial charge on any atom is -0.462 e. The lowest BCUT2D eigenvalue weighted by molar-refractivity contribution is 0.0527. The number of aromatic nitrogens is 1. The average Bonchev–Trinajstić information content (AvgIpc) is 2.79. The van der Waals surface area contributed by atoms with Gasteiger partial charge >= 0.3 is 5.97 Å². The fraction of sp³-hybridized carbons (Fsp3) is 0.167. The fourth-order valence-corrected chi connectivity index (χ4v) is 2.21. The van der Waals surface area contributed by atoms with Gasteiger partial charge in [0.1, 0.15) is 0 Å². The SMILES string of the molecule is CCOC(=O)c1csnc1-c1ccc(Cl)cc1. The highest BCUT2D eigenvalue weighted by atomic mass is 35.5. The van der Waals surface area contributed by atoms with Crippen LogP contribution in [0.5, 0.6) is 0 Å². The summed E-state index contributed by atoms with van der Waals surface area (Å²) in [7, 11) is 0. The quantitative estimate of drug-likeness (QED) is 0.797. The molecule has 1 heterocycles. The molecule has 88 valence electrons. The summed E-state index contributed by atoms with van der Waals surface area (Å²) in [5.74, 6) is -0.341. The molecule has 0 unspecified atom stereocenters. The summed E-state index contributed by atoms with van der Waals surface area (Å²) < 4.78 is 9.19. The lowest BCUT2D eigenvalue weighted by atomic mass is 10.1. The van der Waals surface area contributed by atoms with E-state index in [0.717, 1.165) is 5.56 Å². The van der Waals surface area contributed by atoms with Crippen LogP contribution in [0.25, 0.3) is 11.3 Å². The topological polar surface area (TPSA) is 39.2 Å². The second kappa shape index (κ2) is 5.29. The molecule has 0 fully saturated rings. The summed E-state index contributed by atoms with van der Waals surface area (Å²) >= 11 is 7.05. The fourth-order valence-electron chi connectivity index (χ4n) is 1.41. The lowest BCUT2D eigenvalue weighted by Gasteiger charge is -2.02. The van der Waals surface area contributed by atoms with Crippen molar-refractivity contribution >= 4 is 29.1 Å². The molecule has 2 rings (SSSR count). The predicted octanol–water partition coefficient (Wildman–Crippen LogP) is 3.64. The molecule has 17 heavy (non-hydrogen) atoms. The lowest BCUT2D eigenvalue weighted by Crippen LogP contribution is -2.04. The third-order valence-electron chi connectivity index (χ3n) is 2.18. The van der Waals surface area contributed by atoms with Gasteiger partial charge in [-0.05, 0) is 30.6 Å². The van der Waals surface area contributed by atoms with Gasteiger partial charge in [-0.2, -0.15) is 4.37 Å². The highest BCUT2D eigenvalue weighted by Gasteiger charge is 2.16. The summed E-state index contributed by atoms with van der Waals surface area (Å²) in [6.07, 6.45) is 0. The largest absolute Gasteiger partial charge is 0.462 e. The Morgan fingerprint density at radius 2 is 2.12 bits per heavy atom. The van der Waals surface area contributed by atoms with Crippen molar-refractivity contribution in [1.29, 1.82) is 0 Å². The van der Waals surface area contributed by atoms with E-state index in [1.165, 1.54) is 11.5 Å². The molecule has 0 atom stereocenters. The molecule has 3 nitrogen and oxygen atoms in total. The van der Waals surface area contributed by atoms with E-state index in [2.05, 4.69) is 4.37 Å². The zero-order valence-corrected chi connectivity index (χ0v) is 10.7. The number of hydrogen-bond donors (Lipinski definition) is 0.